The molecule has 6 rings (SSSR count). The van der Waals surface area contributed by atoms with Crippen LogP contribution in [0.5, 0.6) is 23.0 Å². The molecule has 0 aliphatic carbocycles. The van der Waals surface area contributed by atoms with Gasteiger partial charge in [0.25, 0.3) is 11.8 Å². The molecule has 2 heterocycles. The number of hydrogen-bond donors (Lipinski definition) is 2. The van der Waals surface area contributed by atoms with Crippen molar-refractivity contribution in [1.82, 2.24) is 20.3 Å². The van der Waals surface area contributed by atoms with Gasteiger partial charge in [-0.3, -0.25) is 4.79 Å². The van der Waals surface area contributed by atoms with Crippen LogP contribution in [-0.2, 0) is 12.8 Å². The summed E-state index contributed by atoms with van der Waals surface area (Å²) in [5.41, 5.74) is 3.98. The van der Waals surface area contributed by atoms with E-state index >= 15 is 0 Å². The average Bonchev–Trinajstić information content (AvgIpc) is 3.84. The second-order valence-corrected chi connectivity index (χ2v) is 10.8. The number of hydrogen-bond acceptors (Lipinski definition) is 13. The third kappa shape index (κ3) is 8.93. The van der Waals surface area contributed by atoms with E-state index in [1.54, 1.807) is 107 Å². The number of carboxylic acid groups (broad SMARTS) is 1. The Morgan fingerprint density at radius 2 is 1.00 bits per heavy atom. The lowest BCUT2D eigenvalue weighted by molar-refractivity contribution is 0.0696. The number of ketones is 1. The number of benzene rings is 4. The molecule has 0 radical (unpaired) electrons. The molecule has 0 spiro atoms. The first-order valence-corrected chi connectivity index (χ1v) is 15.4. The largest absolute Gasteiger partial charge is 0.493 e. The van der Waals surface area contributed by atoms with Crippen molar-refractivity contribution in [3.05, 3.63) is 119 Å². The number of carbonyl (C=O) groups is 2. The molecule has 4 aromatic carbocycles. The zero-order valence-corrected chi connectivity index (χ0v) is 28.2. The summed E-state index contributed by atoms with van der Waals surface area (Å²) in [5.74, 6) is 2.90. The SMILES string of the molecule is COc1ccc(-c2nc(Cc3ccc(C(=O)CO)cc3)no2)cc1OC.COc1ccc(-c2nc(Cc3ccc(C(=O)O)cc3)no2)cc1OC. The topological polar surface area (TPSA) is 189 Å². The Bertz CT molecular complexity index is 2090. The number of rotatable bonds is 13. The lowest BCUT2D eigenvalue weighted by Gasteiger charge is -2.07. The van der Waals surface area contributed by atoms with Gasteiger partial charge in [0, 0.05) is 29.5 Å². The van der Waals surface area contributed by atoms with Crippen molar-refractivity contribution >= 4 is 11.8 Å². The van der Waals surface area contributed by atoms with Gasteiger partial charge in [-0.05, 0) is 59.7 Å². The number of aromatic nitrogens is 4. The van der Waals surface area contributed by atoms with Gasteiger partial charge in [0.2, 0.25) is 0 Å². The van der Waals surface area contributed by atoms with E-state index in [0.717, 1.165) is 22.3 Å². The molecule has 0 aliphatic rings. The number of nitrogens with zero attached hydrogens (tertiary/aromatic N) is 4. The van der Waals surface area contributed by atoms with E-state index in [-0.39, 0.29) is 11.3 Å². The Hall–Kier alpha value is -6.54. The normalized spacial score (nSPS) is 10.5. The van der Waals surface area contributed by atoms with Crippen molar-refractivity contribution in [2.75, 3.05) is 35.0 Å². The molecular weight excluding hydrogens is 660 g/mol. The van der Waals surface area contributed by atoms with Gasteiger partial charge in [0.1, 0.15) is 6.61 Å². The van der Waals surface area contributed by atoms with Gasteiger partial charge >= 0.3 is 5.97 Å². The Balaban J connectivity index is 0.000000198. The highest BCUT2D eigenvalue weighted by Gasteiger charge is 2.15. The maximum Gasteiger partial charge on any atom is 0.335 e. The Kier molecular flexibility index (Phi) is 11.7. The van der Waals surface area contributed by atoms with E-state index in [2.05, 4.69) is 20.3 Å². The van der Waals surface area contributed by atoms with Crippen LogP contribution >= 0.6 is 0 Å². The van der Waals surface area contributed by atoms with Crippen LogP contribution in [-0.4, -0.2) is 77.3 Å². The maximum atomic E-state index is 11.4. The van der Waals surface area contributed by atoms with Crippen molar-refractivity contribution in [3.63, 3.8) is 0 Å². The predicted octanol–water partition coefficient (Wildman–Crippen LogP) is 5.56. The molecule has 0 aliphatic heterocycles. The predicted molar refractivity (Wildman–Crippen MR) is 183 cm³/mol. The minimum atomic E-state index is -0.957. The molecule has 14 nitrogen and oxygen atoms in total. The molecule has 0 unspecified atom stereocenters. The van der Waals surface area contributed by atoms with Crippen molar-refractivity contribution < 1.29 is 47.8 Å². The summed E-state index contributed by atoms with van der Waals surface area (Å²) in [6.45, 7) is -0.501. The van der Waals surface area contributed by atoms with Crippen LogP contribution in [0.4, 0.5) is 0 Å². The number of Topliss-reactive ketones (excluding diaryl/α,β-unsaturated/α-hetero) is 1. The third-order valence-electron chi connectivity index (χ3n) is 7.54. The summed E-state index contributed by atoms with van der Waals surface area (Å²) in [6, 6.07) is 24.2. The van der Waals surface area contributed by atoms with E-state index in [4.69, 9.17) is 38.2 Å². The van der Waals surface area contributed by atoms with Crippen LogP contribution < -0.4 is 18.9 Å². The first kappa shape index (κ1) is 35.8. The number of aromatic carboxylic acids is 1. The number of carbonyl (C=O) groups excluding carboxylic acids is 1. The van der Waals surface area contributed by atoms with Crippen LogP contribution in [0.15, 0.2) is 94.0 Å². The lowest BCUT2D eigenvalue weighted by atomic mass is 10.1. The van der Waals surface area contributed by atoms with Gasteiger partial charge in [-0.15, -0.1) is 0 Å². The van der Waals surface area contributed by atoms with Gasteiger partial charge in [-0.2, -0.15) is 9.97 Å². The summed E-state index contributed by atoms with van der Waals surface area (Å²) in [5, 5.41) is 25.8. The van der Waals surface area contributed by atoms with E-state index in [9.17, 15) is 9.59 Å². The molecule has 0 amide bonds. The molecule has 262 valence electrons. The van der Waals surface area contributed by atoms with Crippen molar-refractivity contribution in [2.45, 2.75) is 12.8 Å². The minimum Gasteiger partial charge on any atom is -0.493 e. The molecule has 0 fully saturated rings. The smallest absolute Gasteiger partial charge is 0.335 e. The molecule has 51 heavy (non-hydrogen) atoms. The monoisotopic (exact) mass is 694 g/mol. The van der Waals surface area contributed by atoms with Crippen molar-refractivity contribution in [3.8, 4) is 45.9 Å². The molecule has 2 aromatic heterocycles. The van der Waals surface area contributed by atoms with Crippen LogP contribution in [0.25, 0.3) is 22.9 Å². The molecule has 14 heteroatoms. The second-order valence-electron chi connectivity index (χ2n) is 10.8. The summed E-state index contributed by atoms with van der Waals surface area (Å²) in [4.78, 5) is 31.1. The fourth-order valence-corrected chi connectivity index (χ4v) is 4.85. The van der Waals surface area contributed by atoms with E-state index < -0.39 is 12.6 Å². The highest BCUT2D eigenvalue weighted by Crippen LogP contribution is 2.33. The van der Waals surface area contributed by atoms with E-state index in [0.29, 0.717) is 64.8 Å². The average molecular weight is 695 g/mol. The molecule has 6 aromatic rings. The van der Waals surface area contributed by atoms with Gasteiger partial charge in [0.15, 0.2) is 40.4 Å². The molecule has 0 atom stereocenters. The lowest BCUT2D eigenvalue weighted by Crippen LogP contribution is -2.04. The Labute approximate surface area is 292 Å². The zero-order chi connectivity index (χ0) is 36.3. The highest BCUT2D eigenvalue weighted by molar-refractivity contribution is 5.96. The molecule has 0 saturated heterocycles. The molecule has 0 bridgehead atoms. The molecule has 0 saturated carbocycles. The molecule has 2 N–H and O–H groups in total. The van der Waals surface area contributed by atoms with Gasteiger partial charge in [0.05, 0.1) is 34.0 Å². The number of carboxylic acids is 1. The van der Waals surface area contributed by atoms with Gasteiger partial charge in [-0.25, -0.2) is 4.79 Å². The van der Waals surface area contributed by atoms with E-state index in [1.165, 1.54) is 0 Å². The first-order chi connectivity index (χ1) is 24.7. The third-order valence-corrected chi connectivity index (χ3v) is 7.54. The number of methoxy groups -OCH3 is 4. The van der Waals surface area contributed by atoms with Crippen LogP contribution in [0.3, 0.4) is 0 Å². The van der Waals surface area contributed by atoms with Gasteiger partial charge in [-0.1, -0.05) is 46.7 Å². The summed E-state index contributed by atoms with van der Waals surface area (Å²) in [7, 11) is 6.26. The zero-order valence-electron chi connectivity index (χ0n) is 28.2. The highest BCUT2D eigenvalue weighted by atomic mass is 16.5. The Morgan fingerprint density at radius 3 is 1.37 bits per heavy atom. The Morgan fingerprint density at radius 1 is 0.588 bits per heavy atom. The van der Waals surface area contributed by atoms with Gasteiger partial charge < -0.3 is 38.2 Å². The second kappa shape index (κ2) is 16.7. The summed E-state index contributed by atoms with van der Waals surface area (Å²) < 4.78 is 31.6. The number of aliphatic hydroxyl groups excluding tert-OH is 1. The van der Waals surface area contributed by atoms with Crippen LogP contribution in [0, 0.1) is 0 Å². The number of aliphatic hydroxyl groups is 1. The van der Waals surface area contributed by atoms with Crippen LogP contribution in [0.1, 0.15) is 43.5 Å². The van der Waals surface area contributed by atoms with Crippen molar-refractivity contribution in [2.24, 2.45) is 0 Å². The summed E-state index contributed by atoms with van der Waals surface area (Å²) >= 11 is 0. The van der Waals surface area contributed by atoms with E-state index in [1.807, 2.05) is 6.07 Å². The molecular formula is C37H34N4O10. The van der Waals surface area contributed by atoms with Crippen molar-refractivity contribution in [1.29, 1.82) is 0 Å². The number of ether oxygens (including phenoxy) is 4. The maximum absolute atomic E-state index is 11.4. The fraction of sp³-hybridized carbons (Fsp3) is 0.189. The minimum absolute atomic E-state index is 0.239. The van der Waals surface area contributed by atoms with Crippen LogP contribution in [0.2, 0.25) is 0 Å². The fourth-order valence-electron chi connectivity index (χ4n) is 4.85. The first-order valence-electron chi connectivity index (χ1n) is 15.4. The standard InChI is InChI=1S/C19H18N2O5.C18H16N2O5/c1-24-16-8-7-14(10-17(16)25-2)19-20-18(21-26-19)9-12-3-5-13(6-4-12)15(23)11-22;1-23-14-8-7-13(10-15(14)24-2)17-19-16(20-25-17)9-11-3-5-12(6-4-11)18(21)22/h3-8,10,22H,9,11H2,1-2H3;3-8,10H,9H2,1-2H3,(H,21,22). The quantitative estimate of drug-likeness (QED) is 0.143. The summed E-state index contributed by atoms with van der Waals surface area (Å²) in [6.07, 6.45) is 0.904.